The van der Waals surface area contributed by atoms with E-state index in [9.17, 15) is 14.4 Å². The molecule has 1 amide bonds. The Morgan fingerprint density at radius 1 is 1.19 bits per heavy atom. The van der Waals surface area contributed by atoms with Crippen LogP contribution >= 0.6 is 0 Å². The SMILES string of the molecule is CCCn1nc(C(=O)OCC(=O)NC2CCCCC2)c2ccccc2c1=O. The van der Waals surface area contributed by atoms with E-state index in [0.717, 1.165) is 25.7 Å². The number of aryl methyl sites for hydroxylation is 1. The minimum Gasteiger partial charge on any atom is -0.451 e. The Bertz CT molecular complexity index is 884. The molecule has 1 heterocycles. The molecule has 27 heavy (non-hydrogen) atoms. The van der Waals surface area contributed by atoms with E-state index in [-0.39, 0.29) is 29.8 Å². The highest BCUT2D eigenvalue weighted by molar-refractivity contribution is 6.02. The lowest BCUT2D eigenvalue weighted by Crippen LogP contribution is -2.38. The molecule has 1 fully saturated rings. The van der Waals surface area contributed by atoms with Crippen molar-refractivity contribution < 1.29 is 14.3 Å². The number of esters is 1. The fraction of sp³-hybridized carbons (Fsp3) is 0.500. The van der Waals surface area contributed by atoms with E-state index in [1.165, 1.54) is 11.1 Å². The molecule has 7 nitrogen and oxygen atoms in total. The maximum Gasteiger partial charge on any atom is 0.359 e. The van der Waals surface area contributed by atoms with Crippen molar-refractivity contribution in [2.75, 3.05) is 6.61 Å². The van der Waals surface area contributed by atoms with Gasteiger partial charge in [-0.2, -0.15) is 5.10 Å². The minimum absolute atomic E-state index is 0.0594. The van der Waals surface area contributed by atoms with Gasteiger partial charge in [0.15, 0.2) is 12.3 Å². The van der Waals surface area contributed by atoms with E-state index < -0.39 is 5.97 Å². The normalized spacial score (nSPS) is 14.9. The van der Waals surface area contributed by atoms with Gasteiger partial charge < -0.3 is 10.1 Å². The van der Waals surface area contributed by atoms with E-state index in [0.29, 0.717) is 23.7 Å². The van der Waals surface area contributed by atoms with Crippen molar-refractivity contribution in [3.8, 4) is 0 Å². The summed E-state index contributed by atoms with van der Waals surface area (Å²) in [5.41, 5.74) is -0.178. The highest BCUT2D eigenvalue weighted by atomic mass is 16.5. The number of fused-ring (bicyclic) bond motifs is 1. The molecule has 1 aromatic heterocycles. The molecule has 2 aromatic rings. The molecule has 0 radical (unpaired) electrons. The summed E-state index contributed by atoms with van der Waals surface area (Å²) in [5.74, 6) is -1.00. The lowest BCUT2D eigenvalue weighted by molar-refractivity contribution is -0.125. The van der Waals surface area contributed by atoms with Crippen LogP contribution in [0.3, 0.4) is 0 Å². The van der Waals surface area contributed by atoms with Crippen molar-refractivity contribution in [1.82, 2.24) is 15.1 Å². The summed E-state index contributed by atoms with van der Waals surface area (Å²) in [7, 11) is 0. The average molecular weight is 371 g/mol. The number of amides is 1. The molecule has 1 aliphatic carbocycles. The van der Waals surface area contributed by atoms with Crippen molar-refractivity contribution >= 4 is 22.6 Å². The summed E-state index contributed by atoms with van der Waals surface area (Å²) >= 11 is 0. The van der Waals surface area contributed by atoms with E-state index in [1.54, 1.807) is 24.3 Å². The first-order chi connectivity index (χ1) is 13.1. The zero-order valence-electron chi connectivity index (χ0n) is 15.6. The van der Waals surface area contributed by atoms with E-state index in [2.05, 4.69) is 10.4 Å². The lowest BCUT2D eigenvalue weighted by Gasteiger charge is -2.22. The van der Waals surface area contributed by atoms with Crippen LogP contribution in [0.5, 0.6) is 0 Å². The molecule has 144 valence electrons. The Kier molecular flexibility index (Phi) is 6.21. The summed E-state index contributed by atoms with van der Waals surface area (Å²) in [6, 6.07) is 6.97. The summed E-state index contributed by atoms with van der Waals surface area (Å²) in [4.78, 5) is 37.1. The van der Waals surface area contributed by atoms with Gasteiger partial charge in [-0.15, -0.1) is 0 Å². The molecule has 0 saturated heterocycles. The van der Waals surface area contributed by atoms with Gasteiger partial charge in [-0.1, -0.05) is 44.4 Å². The predicted molar refractivity (Wildman–Crippen MR) is 102 cm³/mol. The third-order valence-electron chi connectivity index (χ3n) is 4.80. The van der Waals surface area contributed by atoms with E-state index in [1.807, 2.05) is 6.92 Å². The zero-order chi connectivity index (χ0) is 19.2. The zero-order valence-corrected chi connectivity index (χ0v) is 15.6. The Hall–Kier alpha value is -2.70. The minimum atomic E-state index is -0.699. The molecule has 0 aliphatic heterocycles. The number of nitrogens with one attached hydrogen (secondary N) is 1. The van der Waals surface area contributed by atoms with Gasteiger partial charge in [0, 0.05) is 18.0 Å². The molecular weight excluding hydrogens is 346 g/mol. The highest BCUT2D eigenvalue weighted by Gasteiger charge is 2.20. The van der Waals surface area contributed by atoms with Crippen LogP contribution in [0.15, 0.2) is 29.1 Å². The molecule has 1 aliphatic rings. The monoisotopic (exact) mass is 371 g/mol. The number of hydrogen-bond acceptors (Lipinski definition) is 5. The van der Waals surface area contributed by atoms with Gasteiger partial charge in [-0.25, -0.2) is 9.48 Å². The number of aromatic nitrogens is 2. The van der Waals surface area contributed by atoms with Crippen LogP contribution in [-0.2, 0) is 16.1 Å². The van der Waals surface area contributed by atoms with Gasteiger partial charge in [0.1, 0.15) is 0 Å². The molecule has 0 spiro atoms. The van der Waals surface area contributed by atoms with Crippen molar-refractivity contribution in [2.45, 2.75) is 58.0 Å². The van der Waals surface area contributed by atoms with Crippen LogP contribution < -0.4 is 10.9 Å². The fourth-order valence-corrected chi connectivity index (χ4v) is 3.46. The number of rotatable bonds is 6. The van der Waals surface area contributed by atoms with Crippen molar-refractivity contribution in [1.29, 1.82) is 0 Å². The highest BCUT2D eigenvalue weighted by Crippen LogP contribution is 2.17. The van der Waals surface area contributed by atoms with Crippen LogP contribution in [0.1, 0.15) is 55.9 Å². The van der Waals surface area contributed by atoms with Crippen LogP contribution in [0.2, 0.25) is 0 Å². The van der Waals surface area contributed by atoms with Crippen LogP contribution in [0, 0.1) is 0 Å². The first-order valence-electron chi connectivity index (χ1n) is 9.56. The molecule has 1 aromatic carbocycles. The second kappa shape index (κ2) is 8.79. The maximum absolute atomic E-state index is 12.5. The summed E-state index contributed by atoms with van der Waals surface area (Å²) in [5, 5.41) is 7.95. The summed E-state index contributed by atoms with van der Waals surface area (Å²) < 4.78 is 6.46. The molecule has 1 N–H and O–H groups in total. The number of hydrogen-bond donors (Lipinski definition) is 1. The average Bonchev–Trinajstić information content (AvgIpc) is 2.69. The maximum atomic E-state index is 12.5. The molecule has 1 saturated carbocycles. The second-order valence-electron chi connectivity index (χ2n) is 6.90. The summed E-state index contributed by atoms with van der Waals surface area (Å²) in [6.45, 7) is 1.99. The second-order valence-corrected chi connectivity index (χ2v) is 6.90. The molecule has 7 heteroatoms. The summed E-state index contributed by atoms with van der Waals surface area (Å²) in [6.07, 6.45) is 6.07. The number of nitrogens with zero attached hydrogens (tertiary/aromatic N) is 2. The van der Waals surface area contributed by atoms with Crippen LogP contribution in [-0.4, -0.2) is 34.3 Å². The largest absolute Gasteiger partial charge is 0.451 e. The van der Waals surface area contributed by atoms with Crippen LogP contribution in [0.25, 0.3) is 10.8 Å². The Labute approximate surface area is 157 Å². The predicted octanol–water partition coefficient (Wildman–Crippen LogP) is 2.41. The number of carbonyl (C=O) groups is 2. The van der Waals surface area contributed by atoms with Gasteiger partial charge in [0.05, 0.1) is 5.39 Å². The number of benzene rings is 1. The first-order valence-corrected chi connectivity index (χ1v) is 9.56. The smallest absolute Gasteiger partial charge is 0.359 e. The third kappa shape index (κ3) is 4.53. The Morgan fingerprint density at radius 2 is 1.89 bits per heavy atom. The van der Waals surface area contributed by atoms with E-state index in [4.69, 9.17) is 4.74 Å². The third-order valence-corrected chi connectivity index (χ3v) is 4.80. The molecule has 0 unspecified atom stereocenters. The molecular formula is C20H25N3O4. The van der Waals surface area contributed by atoms with Gasteiger partial charge in [0.2, 0.25) is 0 Å². The van der Waals surface area contributed by atoms with Crippen molar-refractivity contribution in [3.63, 3.8) is 0 Å². The van der Waals surface area contributed by atoms with Crippen LogP contribution in [0.4, 0.5) is 0 Å². The van der Waals surface area contributed by atoms with Gasteiger partial charge in [0.25, 0.3) is 11.5 Å². The first kappa shape index (κ1) is 19.1. The molecule has 0 bridgehead atoms. The standard InChI is InChI=1S/C20H25N3O4/c1-2-12-23-19(25)16-11-7-6-10-15(16)18(22-23)20(26)27-13-17(24)21-14-8-4-3-5-9-14/h6-7,10-11,14H,2-5,8-9,12-13H2,1H3,(H,21,24). The number of ether oxygens (including phenoxy) is 1. The topological polar surface area (TPSA) is 90.3 Å². The van der Waals surface area contributed by atoms with Gasteiger partial charge in [-0.3, -0.25) is 9.59 Å². The van der Waals surface area contributed by atoms with Crippen molar-refractivity contribution in [3.05, 3.63) is 40.3 Å². The molecule has 3 rings (SSSR count). The fourth-order valence-electron chi connectivity index (χ4n) is 3.46. The number of carbonyl (C=O) groups excluding carboxylic acids is 2. The lowest BCUT2D eigenvalue weighted by atomic mass is 9.95. The van der Waals surface area contributed by atoms with Gasteiger partial charge >= 0.3 is 5.97 Å². The quantitative estimate of drug-likeness (QED) is 0.788. The molecule has 0 atom stereocenters. The Balaban J connectivity index is 1.74. The van der Waals surface area contributed by atoms with Gasteiger partial charge in [-0.05, 0) is 25.3 Å². The Morgan fingerprint density at radius 3 is 2.59 bits per heavy atom. The van der Waals surface area contributed by atoms with Crippen molar-refractivity contribution in [2.24, 2.45) is 0 Å². The van der Waals surface area contributed by atoms with E-state index >= 15 is 0 Å².